The SMILES string of the molecule is O=C(O)CCCCCCCCCCCCCCCCCCCCCC[Si](Cl)(Cl)Cl. The molecule has 0 aromatic carbocycles. The summed E-state index contributed by atoms with van der Waals surface area (Å²) in [7, 11) is 0. The fourth-order valence-corrected chi connectivity index (χ4v) is 5.64. The fourth-order valence-electron chi connectivity index (χ4n) is 3.78. The average Bonchev–Trinajstić information content (AvgIpc) is 2.64. The van der Waals surface area contributed by atoms with Crippen molar-refractivity contribution < 1.29 is 9.90 Å². The van der Waals surface area contributed by atoms with Crippen molar-refractivity contribution in [3.8, 4) is 0 Å². The third-order valence-corrected chi connectivity index (χ3v) is 8.22. The molecule has 0 atom stereocenters. The number of carbonyl (C=O) groups is 1. The number of hydrogen-bond donors (Lipinski definition) is 1. The van der Waals surface area contributed by atoms with Gasteiger partial charge in [-0.2, -0.15) is 0 Å². The molecular weight excluding hydrogens is 443 g/mol. The quantitative estimate of drug-likeness (QED) is 0.0883. The summed E-state index contributed by atoms with van der Waals surface area (Å²) < 4.78 is 0. The maximum absolute atomic E-state index is 10.4. The zero-order valence-corrected chi connectivity index (χ0v) is 21.8. The van der Waals surface area contributed by atoms with Gasteiger partial charge in [0.25, 0.3) is 0 Å². The van der Waals surface area contributed by atoms with E-state index in [0.717, 1.165) is 25.3 Å². The highest BCUT2D eigenvalue weighted by atomic mass is 35.8. The molecule has 0 aliphatic heterocycles. The highest BCUT2D eigenvalue weighted by molar-refractivity contribution is 7.64. The molecule has 0 heterocycles. The van der Waals surface area contributed by atoms with Crippen molar-refractivity contribution in [3.63, 3.8) is 0 Å². The fraction of sp³-hybridized carbons (Fsp3) is 0.957. The van der Waals surface area contributed by atoms with Crippen molar-refractivity contribution in [1.82, 2.24) is 0 Å². The Morgan fingerprint density at radius 2 is 0.724 bits per heavy atom. The standard InChI is InChI=1S/C23H45Cl3O2Si/c24-29(25,26)22-20-18-16-14-12-10-8-6-4-2-1-3-5-7-9-11-13-15-17-19-21-23(27)28/h1-22H2,(H,27,28). The summed E-state index contributed by atoms with van der Waals surface area (Å²) in [6.07, 6.45) is 26.3. The van der Waals surface area contributed by atoms with Gasteiger partial charge in [-0.15, -0.1) is 33.2 Å². The Morgan fingerprint density at radius 1 is 0.483 bits per heavy atom. The molecule has 0 aromatic rings. The predicted octanol–water partition coefficient (Wildman–Crippen LogP) is 9.92. The van der Waals surface area contributed by atoms with Crippen LogP contribution in [0.3, 0.4) is 0 Å². The van der Waals surface area contributed by atoms with Gasteiger partial charge in [-0.3, -0.25) is 4.79 Å². The third kappa shape index (κ3) is 28.6. The Kier molecular flexibility index (Phi) is 22.2. The van der Waals surface area contributed by atoms with Gasteiger partial charge in [0, 0.05) is 6.42 Å². The van der Waals surface area contributed by atoms with Crippen LogP contribution in [0.1, 0.15) is 135 Å². The van der Waals surface area contributed by atoms with E-state index in [1.165, 1.54) is 109 Å². The monoisotopic (exact) mass is 486 g/mol. The second-order valence-electron chi connectivity index (χ2n) is 8.58. The van der Waals surface area contributed by atoms with Gasteiger partial charge in [0.1, 0.15) is 0 Å². The van der Waals surface area contributed by atoms with Gasteiger partial charge in [0.15, 0.2) is 0 Å². The van der Waals surface area contributed by atoms with Gasteiger partial charge in [0.2, 0.25) is 0 Å². The molecule has 29 heavy (non-hydrogen) atoms. The number of rotatable bonds is 23. The molecule has 0 aliphatic rings. The molecule has 0 bridgehead atoms. The molecule has 0 fully saturated rings. The second kappa shape index (κ2) is 21.8. The van der Waals surface area contributed by atoms with Gasteiger partial charge in [-0.25, -0.2) is 0 Å². The summed E-state index contributed by atoms with van der Waals surface area (Å²) in [5.41, 5.74) is 0. The van der Waals surface area contributed by atoms with E-state index in [1.54, 1.807) is 0 Å². The summed E-state index contributed by atoms with van der Waals surface area (Å²) in [5, 5.41) is 8.58. The van der Waals surface area contributed by atoms with Crippen LogP contribution in [0.5, 0.6) is 0 Å². The van der Waals surface area contributed by atoms with E-state index in [2.05, 4.69) is 0 Å². The van der Waals surface area contributed by atoms with Crippen molar-refractivity contribution in [3.05, 3.63) is 0 Å². The van der Waals surface area contributed by atoms with Crippen molar-refractivity contribution in [2.24, 2.45) is 0 Å². The molecule has 0 amide bonds. The van der Waals surface area contributed by atoms with E-state index in [-0.39, 0.29) is 0 Å². The number of carboxylic acids is 1. The number of halogens is 3. The van der Waals surface area contributed by atoms with Crippen LogP contribution < -0.4 is 0 Å². The lowest BCUT2D eigenvalue weighted by Gasteiger charge is -2.07. The van der Waals surface area contributed by atoms with Crippen LogP contribution in [0.2, 0.25) is 6.04 Å². The Labute approximate surface area is 195 Å². The molecular formula is C23H45Cl3O2Si. The summed E-state index contributed by atoms with van der Waals surface area (Å²) in [6.45, 7) is 0. The molecule has 174 valence electrons. The number of hydrogen-bond acceptors (Lipinski definition) is 1. The first kappa shape index (κ1) is 29.6. The third-order valence-electron chi connectivity index (χ3n) is 5.60. The van der Waals surface area contributed by atoms with E-state index in [0.29, 0.717) is 6.42 Å². The minimum absolute atomic E-state index is 0.335. The molecule has 0 radical (unpaired) electrons. The molecule has 0 unspecified atom stereocenters. The zero-order chi connectivity index (χ0) is 21.6. The lowest BCUT2D eigenvalue weighted by molar-refractivity contribution is -0.137. The van der Waals surface area contributed by atoms with Crippen LogP contribution >= 0.6 is 33.2 Å². The normalized spacial score (nSPS) is 11.8. The number of carboxylic acid groups (broad SMARTS) is 1. The zero-order valence-electron chi connectivity index (χ0n) is 18.5. The van der Waals surface area contributed by atoms with Crippen LogP contribution in [0.15, 0.2) is 0 Å². The minimum atomic E-state index is -2.37. The Hall–Kier alpha value is 0.557. The van der Waals surface area contributed by atoms with E-state index >= 15 is 0 Å². The Balaban J connectivity index is 3.04. The molecule has 0 spiro atoms. The summed E-state index contributed by atoms with van der Waals surface area (Å²) in [5.74, 6) is -0.660. The Bertz CT molecular complexity index is 363. The first-order chi connectivity index (χ1) is 13.9. The van der Waals surface area contributed by atoms with E-state index in [9.17, 15) is 4.79 Å². The van der Waals surface area contributed by atoms with Crippen LogP contribution in [0.4, 0.5) is 0 Å². The van der Waals surface area contributed by atoms with Gasteiger partial charge in [-0.1, -0.05) is 122 Å². The molecule has 0 rings (SSSR count). The van der Waals surface area contributed by atoms with Crippen molar-refractivity contribution in [2.45, 2.75) is 141 Å². The molecule has 2 nitrogen and oxygen atoms in total. The molecule has 6 heteroatoms. The highest BCUT2D eigenvalue weighted by Crippen LogP contribution is 2.27. The Morgan fingerprint density at radius 3 is 0.966 bits per heavy atom. The molecule has 0 aliphatic carbocycles. The van der Waals surface area contributed by atoms with Gasteiger partial charge in [0.05, 0.1) is 0 Å². The lowest BCUT2D eigenvalue weighted by atomic mass is 10.0. The van der Waals surface area contributed by atoms with Crippen LogP contribution in [-0.2, 0) is 4.79 Å². The average molecular weight is 488 g/mol. The van der Waals surface area contributed by atoms with Crippen molar-refractivity contribution in [2.75, 3.05) is 0 Å². The van der Waals surface area contributed by atoms with E-state index in [4.69, 9.17) is 38.3 Å². The first-order valence-electron chi connectivity index (χ1n) is 12.2. The molecule has 0 aromatic heterocycles. The largest absolute Gasteiger partial charge is 0.481 e. The topological polar surface area (TPSA) is 37.3 Å². The summed E-state index contributed by atoms with van der Waals surface area (Å²) in [6, 6.07) is -1.56. The molecule has 0 saturated heterocycles. The van der Waals surface area contributed by atoms with E-state index in [1.807, 2.05) is 0 Å². The summed E-state index contributed by atoms with van der Waals surface area (Å²) in [4.78, 5) is 10.4. The first-order valence-corrected chi connectivity index (χ1v) is 17.4. The lowest BCUT2D eigenvalue weighted by Crippen LogP contribution is -2.07. The number of aliphatic carboxylic acids is 1. The highest BCUT2D eigenvalue weighted by Gasteiger charge is 2.23. The van der Waals surface area contributed by atoms with Crippen LogP contribution in [0.25, 0.3) is 0 Å². The van der Waals surface area contributed by atoms with Crippen LogP contribution in [-0.4, -0.2) is 17.1 Å². The predicted molar refractivity (Wildman–Crippen MR) is 133 cm³/mol. The molecule has 1 N–H and O–H groups in total. The maximum Gasteiger partial charge on any atom is 0.341 e. The minimum Gasteiger partial charge on any atom is -0.481 e. The van der Waals surface area contributed by atoms with Gasteiger partial charge >= 0.3 is 12.0 Å². The molecule has 0 saturated carbocycles. The van der Waals surface area contributed by atoms with E-state index < -0.39 is 12.0 Å². The second-order valence-corrected chi connectivity index (χ2v) is 17.9. The smallest absolute Gasteiger partial charge is 0.341 e. The van der Waals surface area contributed by atoms with Gasteiger partial charge < -0.3 is 5.11 Å². The maximum atomic E-state index is 10.4. The van der Waals surface area contributed by atoms with Crippen molar-refractivity contribution in [1.29, 1.82) is 0 Å². The van der Waals surface area contributed by atoms with Crippen molar-refractivity contribution >= 4 is 45.2 Å². The van der Waals surface area contributed by atoms with Crippen LogP contribution in [0, 0.1) is 0 Å². The number of unbranched alkanes of at least 4 members (excludes halogenated alkanes) is 19. The summed E-state index contributed by atoms with van der Waals surface area (Å²) >= 11 is 17.7. The van der Waals surface area contributed by atoms with Gasteiger partial charge in [-0.05, 0) is 12.5 Å².